The predicted molar refractivity (Wildman–Crippen MR) is 43.6 cm³/mol. The van der Waals surface area contributed by atoms with E-state index in [0.717, 1.165) is 0 Å². The van der Waals surface area contributed by atoms with E-state index < -0.39 is 18.2 Å². The molecule has 0 saturated carbocycles. The molecule has 1 amide bonds. The molecule has 70 valence electrons. The molecule has 0 aliphatic rings. The largest absolute Gasteiger partial charge is 0.481 e. The summed E-state index contributed by atoms with van der Waals surface area (Å²) < 4.78 is 4.32. The Balaban J connectivity index is 0. The zero-order valence-corrected chi connectivity index (χ0v) is 6.95. The van der Waals surface area contributed by atoms with Crippen LogP contribution in [0, 0.1) is 0 Å². The third-order valence-electron chi connectivity index (χ3n) is 0.779. The number of amides is 1. The summed E-state index contributed by atoms with van der Waals surface area (Å²) in [7, 11) is 0. The third kappa shape index (κ3) is 11.3. The Morgan fingerprint density at radius 1 is 1.58 bits per heavy atom. The first kappa shape index (κ1) is 13.1. The number of carboxylic acid groups (broad SMARTS) is 1. The minimum Gasteiger partial charge on any atom is -0.481 e. The molecule has 0 unspecified atom stereocenters. The van der Waals surface area contributed by atoms with Crippen molar-refractivity contribution in [1.29, 1.82) is 0 Å². The molecule has 0 aromatic carbocycles. The lowest BCUT2D eigenvalue weighted by Crippen LogP contribution is -2.22. The molecule has 0 aromatic heterocycles. The first-order valence-electron chi connectivity index (χ1n) is 3.20. The second-order valence-corrected chi connectivity index (χ2v) is 1.85. The van der Waals surface area contributed by atoms with Crippen LogP contribution >= 0.6 is 0 Å². The van der Waals surface area contributed by atoms with E-state index in [1.165, 1.54) is 6.92 Å². The SMILES string of the molecule is C=C.C[C@H](CC(=O)O)OC(N)=O. The van der Waals surface area contributed by atoms with Crippen molar-refractivity contribution in [1.82, 2.24) is 0 Å². The van der Waals surface area contributed by atoms with E-state index in [0.29, 0.717) is 0 Å². The van der Waals surface area contributed by atoms with Crippen LogP contribution in [-0.2, 0) is 9.53 Å². The molecule has 12 heavy (non-hydrogen) atoms. The van der Waals surface area contributed by atoms with E-state index in [1.807, 2.05) is 0 Å². The number of primary amides is 1. The maximum absolute atomic E-state index is 10.00. The Morgan fingerprint density at radius 3 is 2.25 bits per heavy atom. The van der Waals surface area contributed by atoms with Crippen LogP contribution in [0.5, 0.6) is 0 Å². The van der Waals surface area contributed by atoms with Gasteiger partial charge in [0.05, 0.1) is 6.42 Å². The summed E-state index contributed by atoms with van der Waals surface area (Å²) in [6.45, 7) is 7.46. The average molecular weight is 175 g/mol. The average Bonchev–Trinajstić information content (AvgIpc) is 1.87. The summed E-state index contributed by atoms with van der Waals surface area (Å²) in [5, 5.41) is 8.16. The van der Waals surface area contributed by atoms with Crippen LogP contribution in [0.4, 0.5) is 4.79 Å². The van der Waals surface area contributed by atoms with Gasteiger partial charge in [-0.25, -0.2) is 4.79 Å². The highest BCUT2D eigenvalue weighted by Crippen LogP contribution is 1.95. The number of hydrogen-bond donors (Lipinski definition) is 2. The van der Waals surface area contributed by atoms with Crippen LogP contribution < -0.4 is 5.73 Å². The molecular weight excluding hydrogens is 162 g/mol. The van der Waals surface area contributed by atoms with Crippen molar-refractivity contribution in [2.24, 2.45) is 5.73 Å². The maximum atomic E-state index is 10.00. The van der Waals surface area contributed by atoms with Crippen LogP contribution in [0.3, 0.4) is 0 Å². The molecule has 0 rings (SSSR count). The summed E-state index contributed by atoms with van der Waals surface area (Å²) in [6, 6.07) is 0. The molecular formula is C7H13NO4. The number of hydrogen-bond acceptors (Lipinski definition) is 3. The minimum absolute atomic E-state index is 0.219. The van der Waals surface area contributed by atoms with Gasteiger partial charge in [-0.2, -0.15) is 0 Å². The topological polar surface area (TPSA) is 89.6 Å². The fraction of sp³-hybridized carbons (Fsp3) is 0.429. The van der Waals surface area contributed by atoms with E-state index in [9.17, 15) is 9.59 Å². The number of ether oxygens (including phenoxy) is 1. The van der Waals surface area contributed by atoms with E-state index in [1.54, 1.807) is 0 Å². The molecule has 1 atom stereocenters. The molecule has 0 aliphatic carbocycles. The van der Waals surface area contributed by atoms with Crippen molar-refractivity contribution < 1.29 is 19.4 Å². The number of carbonyl (C=O) groups excluding carboxylic acids is 1. The van der Waals surface area contributed by atoms with Crippen molar-refractivity contribution in [3.8, 4) is 0 Å². The summed E-state index contributed by atoms with van der Waals surface area (Å²) in [5.41, 5.74) is 4.61. The van der Waals surface area contributed by atoms with Gasteiger partial charge >= 0.3 is 12.1 Å². The standard InChI is InChI=1S/C5H9NO4.C2H4/c1-3(2-4(7)8)10-5(6)9;1-2/h3H,2H2,1H3,(H2,6,9)(H,7,8);1-2H2/t3-;/m1./s1. The highest BCUT2D eigenvalue weighted by atomic mass is 16.6. The van der Waals surface area contributed by atoms with Crippen molar-refractivity contribution in [2.45, 2.75) is 19.4 Å². The first-order chi connectivity index (χ1) is 5.52. The van der Waals surface area contributed by atoms with E-state index in [-0.39, 0.29) is 6.42 Å². The monoisotopic (exact) mass is 175 g/mol. The van der Waals surface area contributed by atoms with E-state index in [4.69, 9.17) is 5.11 Å². The summed E-state index contributed by atoms with van der Waals surface area (Å²) in [6.07, 6.45) is -1.83. The van der Waals surface area contributed by atoms with Gasteiger partial charge in [-0.05, 0) is 6.92 Å². The molecule has 0 radical (unpaired) electrons. The number of aliphatic carboxylic acids is 1. The molecule has 0 spiro atoms. The molecule has 3 N–H and O–H groups in total. The van der Waals surface area contributed by atoms with Gasteiger partial charge in [0.15, 0.2) is 0 Å². The van der Waals surface area contributed by atoms with Crippen LogP contribution in [0.1, 0.15) is 13.3 Å². The lowest BCUT2D eigenvalue weighted by atomic mass is 10.3. The highest BCUT2D eigenvalue weighted by molar-refractivity contribution is 5.69. The van der Waals surface area contributed by atoms with E-state index in [2.05, 4.69) is 23.6 Å². The summed E-state index contributed by atoms with van der Waals surface area (Å²) in [5.74, 6) is -1.02. The summed E-state index contributed by atoms with van der Waals surface area (Å²) >= 11 is 0. The summed E-state index contributed by atoms with van der Waals surface area (Å²) in [4.78, 5) is 20.0. The Labute approximate surface area is 70.8 Å². The quantitative estimate of drug-likeness (QED) is 0.619. The highest BCUT2D eigenvalue weighted by Gasteiger charge is 2.09. The Kier molecular flexibility index (Phi) is 8.28. The zero-order valence-electron chi connectivity index (χ0n) is 6.95. The molecule has 0 bridgehead atoms. The van der Waals surface area contributed by atoms with Gasteiger partial charge in [-0.3, -0.25) is 4.79 Å². The van der Waals surface area contributed by atoms with Crippen molar-refractivity contribution in [3.05, 3.63) is 13.2 Å². The van der Waals surface area contributed by atoms with Crippen LogP contribution in [0.2, 0.25) is 0 Å². The molecule has 5 heteroatoms. The first-order valence-corrected chi connectivity index (χ1v) is 3.20. The van der Waals surface area contributed by atoms with Gasteiger partial charge in [0.1, 0.15) is 6.10 Å². The molecule has 0 saturated heterocycles. The van der Waals surface area contributed by atoms with Crippen molar-refractivity contribution in [3.63, 3.8) is 0 Å². The zero-order chi connectivity index (χ0) is 10.1. The smallest absolute Gasteiger partial charge is 0.404 e. The maximum Gasteiger partial charge on any atom is 0.404 e. The Bertz CT molecular complexity index is 141. The predicted octanol–water partition coefficient (Wildman–Crippen LogP) is 0.747. The Morgan fingerprint density at radius 2 is 2.00 bits per heavy atom. The van der Waals surface area contributed by atoms with Gasteiger partial charge < -0.3 is 15.6 Å². The fourth-order valence-electron chi connectivity index (χ4n) is 0.486. The minimum atomic E-state index is -1.02. The Hall–Kier alpha value is -1.52. The van der Waals surface area contributed by atoms with Gasteiger partial charge in [0, 0.05) is 0 Å². The van der Waals surface area contributed by atoms with Crippen LogP contribution in [0.15, 0.2) is 13.2 Å². The molecule has 0 aromatic rings. The van der Waals surface area contributed by atoms with Crippen molar-refractivity contribution in [2.75, 3.05) is 0 Å². The molecule has 0 fully saturated rings. The van der Waals surface area contributed by atoms with Crippen LogP contribution in [-0.4, -0.2) is 23.3 Å². The lowest BCUT2D eigenvalue weighted by Gasteiger charge is -2.06. The third-order valence-corrected chi connectivity index (χ3v) is 0.779. The lowest BCUT2D eigenvalue weighted by molar-refractivity contribution is -0.138. The second kappa shape index (κ2) is 7.59. The normalized spacial score (nSPS) is 10.4. The molecule has 0 heterocycles. The van der Waals surface area contributed by atoms with E-state index >= 15 is 0 Å². The fourth-order valence-corrected chi connectivity index (χ4v) is 0.486. The number of carboxylic acids is 1. The van der Waals surface area contributed by atoms with Gasteiger partial charge in [0.2, 0.25) is 0 Å². The number of carbonyl (C=O) groups is 2. The number of rotatable bonds is 3. The van der Waals surface area contributed by atoms with Crippen LogP contribution in [0.25, 0.3) is 0 Å². The molecule has 5 nitrogen and oxygen atoms in total. The number of nitrogens with two attached hydrogens (primary N) is 1. The van der Waals surface area contributed by atoms with Crippen molar-refractivity contribution >= 4 is 12.1 Å². The second-order valence-electron chi connectivity index (χ2n) is 1.85. The molecule has 0 aliphatic heterocycles. The van der Waals surface area contributed by atoms with Gasteiger partial charge in [0.25, 0.3) is 0 Å². The van der Waals surface area contributed by atoms with Gasteiger partial charge in [-0.1, -0.05) is 0 Å². The van der Waals surface area contributed by atoms with Gasteiger partial charge in [-0.15, -0.1) is 13.2 Å².